The summed E-state index contributed by atoms with van der Waals surface area (Å²) in [4.78, 5) is 2.40. The molecule has 21 heavy (non-hydrogen) atoms. The third-order valence-electron chi connectivity index (χ3n) is 3.08. The van der Waals surface area contributed by atoms with Crippen LogP contribution in [0.25, 0.3) is 5.65 Å². The number of nitrogens with two attached hydrogens (primary N) is 1. The molecule has 2 heterocycles. The van der Waals surface area contributed by atoms with Gasteiger partial charge in [0, 0.05) is 19.2 Å². The number of fused-ring (bicyclic) bond motifs is 1. The van der Waals surface area contributed by atoms with E-state index >= 15 is 0 Å². The first-order valence-electron chi connectivity index (χ1n) is 6.29. The van der Waals surface area contributed by atoms with Gasteiger partial charge < -0.3 is 10.6 Å². The summed E-state index contributed by atoms with van der Waals surface area (Å²) in [6.07, 6.45) is 0. The quantitative estimate of drug-likeness (QED) is 0.713. The van der Waals surface area contributed by atoms with E-state index in [4.69, 9.17) is 18.0 Å². The molecule has 2 N–H and O–H groups in total. The van der Waals surface area contributed by atoms with Crippen molar-refractivity contribution in [3.05, 3.63) is 47.5 Å². The number of anilines is 1. The van der Waals surface area contributed by atoms with Gasteiger partial charge in [0.05, 0.1) is 0 Å². The molecule has 8 heteroatoms. The highest BCUT2D eigenvalue weighted by Gasteiger charge is 2.07. The average Bonchev–Trinajstić information content (AvgIpc) is 2.94. The lowest BCUT2D eigenvalue weighted by Crippen LogP contribution is -2.19. The molecular weight excluding hydrogens is 286 g/mol. The van der Waals surface area contributed by atoms with Crippen LogP contribution < -0.4 is 10.6 Å². The van der Waals surface area contributed by atoms with Crippen molar-refractivity contribution in [1.29, 1.82) is 0 Å². The van der Waals surface area contributed by atoms with Gasteiger partial charge in [-0.1, -0.05) is 30.4 Å². The smallest absolute Gasteiger partial charge is 0.200 e. The SMILES string of the molecule is CN(Cc1cccc(C(N)=S)c1)c1ccc2nnnn2n1. The Morgan fingerprint density at radius 2 is 2.19 bits per heavy atom. The predicted octanol–water partition coefficient (Wildman–Crippen LogP) is 0.790. The van der Waals surface area contributed by atoms with Gasteiger partial charge in [-0.2, -0.15) is 0 Å². The molecular formula is C13H13N7S. The lowest BCUT2D eigenvalue weighted by Gasteiger charge is -2.18. The fraction of sp³-hybridized carbons (Fsp3) is 0.154. The summed E-state index contributed by atoms with van der Waals surface area (Å²) < 4.78 is 1.40. The number of thiocarbonyl (C=S) groups is 1. The Hall–Kier alpha value is -2.61. The Labute approximate surface area is 126 Å². The Kier molecular flexibility index (Phi) is 3.44. The van der Waals surface area contributed by atoms with E-state index in [0.29, 0.717) is 17.2 Å². The lowest BCUT2D eigenvalue weighted by molar-refractivity contribution is 0.720. The Morgan fingerprint density at radius 3 is 3.00 bits per heavy atom. The highest BCUT2D eigenvalue weighted by atomic mass is 32.1. The first-order chi connectivity index (χ1) is 10.1. The number of rotatable bonds is 4. The van der Waals surface area contributed by atoms with Crippen LogP contribution in [-0.2, 0) is 6.54 Å². The first kappa shape index (κ1) is 13.4. The van der Waals surface area contributed by atoms with Crippen LogP contribution >= 0.6 is 12.2 Å². The van der Waals surface area contributed by atoms with Gasteiger partial charge in [-0.25, -0.2) is 0 Å². The molecule has 0 aliphatic carbocycles. The van der Waals surface area contributed by atoms with E-state index in [2.05, 4.69) is 20.6 Å². The van der Waals surface area contributed by atoms with E-state index in [0.717, 1.165) is 16.9 Å². The second kappa shape index (κ2) is 5.41. The van der Waals surface area contributed by atoms with Crippen molar-refractivity contribution in [2.24, 2.45) is 5.73 Å². The summed E-state index contributed by atoms with van der Waals surface area (Å²) in [6.45, 7) is 0.678. The van der Waals surface area contributed by atoms with Crippen LogP contribution in [0.3, 0.4) is 0 Å². The molecule has 0 saturated heterocycles. The maximum absolute atomic E-state index is 5.65. The molecule has 106 valence electrons. The molecule has 3 rings (SSSR count). The van der Waals surface area contributed by atoms with Gasteiger partial charge in [0.2, 0.25) is 0 Å². The van der Waals surface area contributed by atoms with Crippen LogP contribution in [0.5, 0.6) is 0 Å². The van der Waals surface area contributed by atoms with E-state index in [9.17, 15) is 0 Å². The van der Waals surface area contributed by atoms with E-state index < -0.39 is 0 Å². The zero-order chi connectivity index (χ0) is 14.8. The van der Waals surface area contributed by atoms with Gasteiger partial charge in [0.1, 0.15) is 4.99 Å². The summed E-state index contributed by atoms with van der Waals surface area (Å²) in [5.74, 6) is 0.774. The second-order valence-electron chi connectivity index (χ2n) is 4.64. The summed E-state index contributed by atoms with van der Waals surface area (Å²) in [6, 6.07) is 11.5. The number of benzene rings is 1. The molecule has 0 fully saturated rings. The molecule has 3 aromatic rings. The van der Waals surface area contributed by atoms with Gasteiger partial charge >= 0.3 is 0 Å². The molecule has 7 nitrogen and oxygen atoms in total. The van der Waals surface area contributed by atoms with E-state index in [-0.39, 0.29) is 0 Å². The third kappa shape index (κ3) is 2.79. The fourth-order valence-corrected chi connectivity index (χ4v) is 2.15. The van der Waals surface area contributed by atoms with Crippen LogP contribution in [0.15, 0.2) is 36.4 Å². The van der Waals surface area contributed by atoms with E-state index in [1.54, 1.807) is 0 Å². The fourth-order valence-electron chi connectivity index (χ4n) is 2.02. The molecule has 0 spiro atoms. The van der Waals surface area contributed by atoms with Crippen LogP contribution in [0.1, 0.15) is 11.1 Å². The molecule has 0 bridgehead atoms. The minimum atomic E-state index is 0.396. The minimum Gasteiger partial charge on any atom is -0.389 e. The summed E-state index contributed by atoms with van der Waals surface area (Å²) in [5, 5.41) is 15.5. The molecule has 0 radical (unpaired) electrons. The molecule has 2 aromatic heterocycles. The van der Waals surface area contributed by atoms with Gasteiger partial charge in [-0.05, 0) is 34.2 Å². The standard InChI is InChI=1S/C13H13N7S/c1-19(8-9-3-2-4-10(7-9)13(14)21)12-6-5-11-15-17-18-20(11)16-12/h2-7H,8H2,1H3,(H2,14,21). The van der Waals surface area contributed by atoms with Crippen molar-refractivity contribution < 1.29 is 0 Å². The molecule has 0 aliphatic rings. The first-order valence-corrected chi connectivity index (χ1v) is 6.69. The molecule has 1 aromatic carbocycles. The maximum Gasteiger partial charge on any atom is 0.200 e. The summed E-state index contributed by atoms with van der Waals surface area (Å²) in [5.41, 5.74) is 8.23. The largest absolute Gasteiger partial charge is 0.389 e. The predicted molar refractivity (Wildman–Crippen MR) is 83.0 cm³/mol. The van der Waals surface area contributed by atoms with Crippen LogP contribution in [0.2, 0.25) is 0 Å². The minimum absolute atomic E-state index is 0.396. The molecule has 0 aliphatic heterocycles. The Bertz CT molecular complexity index is 798. The summed E-state index contributed by atoms with van der Waals surface area (Å²) >= 11 is 5.00. The highest BCUT2D eigenvalue weighted by Crippen LogP contribution is 2.13. The topological polar surface area (TPSA) is 85.2 Å². The number of tetrazole rings is 1. The van der Waals surface area contributed by atoms with Crippen molar-refractivity contribution in [2.75, 3.05) is 11.9 Å². The number of hydrogen-bond acceptors (Lipinski definition) is 6. The van der Waals surface area contributed by atoms with Gasteiger partial charge in [-0.15, -0.1) is 14.8 Å². The maximum atomic E-state index is 5.65. The summed E-state index contributed by atoms with van der Waals surface area (Å²) in [7, 11) is 1.95. The van der Waals surface area contributed by atoms with Crippen LogP contribution in [0, 0.1) is 0 Å². The number of nitrogens with zero attached hydrogens (tertiary/aromatic N) is 6. The molecule has 0 atom stereocenters. The van der Waals surface area contributed by atoms with E-state index in [1.165, 1.54) is 4.63 Å². The van der Waals surface area contributed by atoms with Gasteiger partial charge in [0.25, 0.3) is 0 Å². The van der Waals surface area contributed by atoms with Gasteiger partial charge in [0.15, 0.2) is 11.5 Å². The van der Waals surface area contributed by atoms with Crippen molar-refractivity contribution >= 4 is 28.7 Å². The lowest BCUT2D eigenvalue weighted by atomic mass is 10.1. The van der Waals surface area contributed by atoms with E-state index in [1.807, 2.05) is 48.3 Å². The zero-order valence-electron chi connectivity index (χ0n) is 11.3. The molecule has 0 unspecified atom stereocenters. The van der Waals surface area contributed by atoms with Gasteiger partial charge in [-0.3, -0.25) is 0 Å². The van der Waals surface area contributed by atoms with Crippen LogP contribution in [0.4, 0.5) is 5.82 Å². The third-order valence-corrected chi connectivity index (χ3v) is 3.31. The highest BCUT2D eigenvalue weighted by molar-refractivity contribution is 7.80. The van der Waals surface area contributed by atoms with Crippen molar-refractivity contribution in [3.63, 3.8) is 0 Å². The normalized spacial score (nSPS) is 10.7. The number of aromatic nitrogens is 5. The zero-order valence-corrected chi connectivity index (χ0v) is 12.2. The molecule has 0 saturated carbocycles. The second-order valence-corrected chi connectivity index (χ2v) is 5.08. The van der Waals surface area contributed by atoms with Crippen molar-refractivity contribution in [1.82, 2.24) is 25.3 Å². The molecule has 0 amide bonds. The Balaban J connectivity index is 1.83. The average molecular weight is 299 g/mol. The van der Waals surface area contributed by atoms with Crippen molar-refractivity contribution in [3.8, 4) is 0 Å². The Morgan fingerprint density at radius 1 is 1.33 bits per heavy atom. The van der Waals surface area contributed by atoms with Crippen molar-refractivity contribution in [2.45, 2.75) is 6.54 Å². The monoisotopic (exact) mass is 299 g/mol. The van der Waals surface area contributed by atoms with Crippen LogP contribution in [-0.4, -0.2) is 37.3 Å². The number of hydrogen-bond donors (Lipinski definition) is 1.